The molecular weight excluding hydrogens is 461 g/mol. The number of carbonyl (C=O) groups excluding carboxylic acids is 1. The Morgan fingerprint density at radius 1 is 1.09 bits per heavy atom. The summed E-state index contributed by atoms with van der Waals surface area (Å²) in [6, 6.07) is 11.0. The summed E-state index contributed by atoms with van der Waals surface area (Å²) in [6.07, 6.45) is -3.10. The number of nitrogens with one attached hydrogen (secondary N) is 1. The van der Waals surface area contributed by atoms with Crippen molar-refractivity contribution in [2.24, 2.45) is 11.3 Å². The molecule has 6 nitrogen and oxygen atoms in total. The van der Waals surface area contributed by atoms with Crippen LogP contribution < -0.4 is 14.8 Å². The van der Waals surface area contributed by atoms with E-state index in [4.69, 9.17) is 9.47 Å². The van der Waals surface area contributed by atoms with Crippen LogP contribution in [0.1, 0.15) is 38.3 Å². The van der Waals surface area contributed by atoms with Crippen LogP contribution in [0, 0.1) is 11.3 Å². The number of halogens is 3. The summed E-state index contributed by atoms with van der Waals surface area (Å²) in [6.45, 7) is 7.40. The monoisotopic (exact) mass is 490 g/mol. The molecular formula is C26H29F3N2O4. The molecule has 3 saturated heterocycles. The third-order valence-electron chi connectivity index (χ3n) is 7.24. The Kier molecular flexibility index (Phi) is 6.07. The molecule has 35 heavy (non-hydrogen) atoms. The zero-order valence-electron chi connectivity index (χ0n) is 19.7. The Morgan fingerprint density at radius 2 is 1.77 bits per heavy atom. The molecule has 3 fully saturated rings. The van der Waals surface area contributed by atoms with Crippen molar-refractivity contribution in [3.63, 3.8) is 0 Å². The summed E-state index contributed by atoms with van der Waals surface area (Å²) in [4.78, 5) is 15.2. The van der Waals surface area contributed by atoms with Crippen LogP contribution in [-0.4, -0.2) is 49.7 Å². The Labute approximate surface area is 202 Å². The average Bonchev–Trinajstić information content (AvgIpc) is 2.81. The molecule has 9 heteroatoms. The molecule has 0 saturated carbocycles. The summed E-state index contributed by atoms with van der Waals surface area (Å²) >= 11 is 0. The van der Waals surface area contributed by atoms with Crippen LogP contribution in [-0.2, 0) is 4.74 Å². The summed E-state index contributed by atoms with van der Waals surface area (Å²) in [7, 11) is 0. The van der Waals surface area contributed by atoms with Gasteiger partial charge in [0.05, 0.1) is 12.6 Å². The first-order valence-corrected chi connectivity index (χ1v) is 11.9. The summed E-state index contributed by atoms with van der Waals surface area (Å²) in [5, 5.41) is 3.08. The van der Waals surface area contributed by atoms with Crippen LogP contribution in [0.4, 0.5) is 18.0 Å². The molecule has 0 aliphatic carbocycles. The number of amides is 1. The van der Waals surface area contributed by atoms with Crippen molar-refractivity contribution in [1.82, 2.24) is 10.2 Å². The van der Waals surface area contributed by atoms with Crippen LogP contribution in [0.3, 0.4) is 0 Å². The molecule has 1 unspecified atom stereocenters. The fourth-order valence-electron chi connectivity index (χ4n) is 5.30. The molecule has 2 atom stereocenters. The summed E-state index contributed by atoms with van der Waals surface area (Å²) in [5.74, 6) is 0.782. The topological polar surface area (TPSA) is 60.0 Å². The second-order valence-electron chi connectivity index (χ2n) is 10.3. The molecule has 4 aliphatic heterocycles. The number of carbonyl (C=O) groups is 1. The molecule has 188 valence electrons. The fourth-order valence-corrected chi connectivity index (χ4v) is 5.30. The zero-order chi connectivity index (χ0) is 24.8. The van der Waals surface area contributed by atoms with E-state index in [1.54, 1.807) is 12.1 Å². The van der Waals surface area contributed by atoms with Gasteiger partial charge in [-0.25, -0.2) is 4.79 Å². The Morgan fingerprint density at radius 3 is 2.40 bits per heavy atom. The minimum absolute atomic E-state index is 0.0772. The molecule has 0 spiro atoms. The number of alkyl halides is 3. The van der Waals surface area contributed by atoms with E-state index >= 15 is 0 Å². The minimum atomic E-state index is -4.73. The molecule has 4 aliphatic rings. The van der Waals surface area contributed by atoms with Crippen LogP contribution in [0.2, 0.25) is 0 Å². The largest absolute Gasteiger partial charge is 0.573 e. The van der Waals surface area contributed by atoms with E-state index in [1.165, 1.54) is 12.1 Å². The standard InChI is InChI=1S/C26H29F3N2O4/c1-25(2)15-33-21-13-18(16-3-6-19(7-4-16)35-26(27,28)29)5-8-20(21)23(25)30-24(32)34-22-14-31-11-9-17(22)10-12-31/h3-8,13,17,22-23H,9-12,14-15H2,1-2H3,(H,30,32)/t22-,23?/m0/s1. The normalized spacial score (nSPS) is 26.9. The number of rotatable bonds is 4. The van der Waals surface area contributed by atoms with E-state index in [1.807, 2.05) is 32.0 Å². The van der Waals surface area contributed by atoms with Gasteiger partial charge in [0.1, 0.15) is 17.6 Å². The third kappa shape index (κ3) is 5.19. The molecule has 1 N–H and O–H groups in total. The first-order chi connectivity index (χ1) is 16.6. The highest BCUT2D eigenvalue weighted by molar-refractivity contribution is 5.70. The number of hydrogen-bond donors (Lipinski definition) is 1. The second kappa shape index (κ2) is 8.93. The third-order valence-corrected chi connectivity index (χ3v) is 7.24. The Balaban J connectivity index is 1.31. The van der Waals surface area contributed by atoms with Crippen LogP contribution >= 0.6 is 0 Å². The van der Waals surface area contributed by atoms with E-state index in [0.29, 0.717) is 18.3 Å². The SMILES string of the molecule is CC1(C)COc2cc(-c3ccc(OC(F)(F)F)cc3)ccc2C1NC(=O)O[C@H]1CN2CCC1CC2. The lowest BCUT2D eigenvalue weighted by atomic mass is 9.78. The summed E-state index contributed by atoms with van der Waals surface area (Å²) in [5.41, 5.74) is 1.99. The van der Waals surface area contributed by atoms with Gasteiger partial charge in [0.25, 0.3) is 0 Å². The second-order valence-corrected chi connectivity index (χ2v) is 10.3. The van der Waals surface area contributed by atoms with E-state index < -0.39 is 12.5 Å². The van der Waals surface area contributed by atoms with Gasteiger partial charge in [-0.05, 0) is 61.2 Å². The number of hydrogen-bond acceptors (Lipinski definition) is 5. The van der Waals surface area contributed by atoms with Gasteiger partial charge in [-0.15, -0.1) is 13.2 Å². The van der Waals surface area contributed by atoms with Crippen molar-refractivity contribution < 1.29 is 32.2 Å². The maximum atomic E-state index is 12.9. The molecule has 4 heterocycles. The van der Waals surface area contributed by atoms with Gasteiger partial charge in [0.2, 0.25) is 0 Å². The highest BCUT2D eigenvalue weighted by Crippen LogP contribution is 2.44. The van der Waals surface area contributed by atoms with Gasteiger partial charge in [0.15, 0.2) is 0 Å². The number of ether oxygens (including phenoxy) is 3. The predicted molar refractivity (Wildman–Crippen MR) is 123 cm³/mol. The van der Waals surface area contributed by atoms with Crippen molar-refractivity contribution in [3.8, 4) is 22.6 Å². The Hall–Kier alpha value is -2.94. The number of alkyl carbamates (subject to hydrolysis) is 1. The first-order valence-electron chi connectivity index (χ1n) is 11.9. The fraction of sp³-hybridized carbons (Fsp3) is 0.500. The van der Waals surface area contributed by atoms with Crippen molar-refractivity contribution >= 4 is 6.09 Å². The zero-order valence-corrected chi connectivity index (χ0v) is 19.7. The van der Waals surface area contributed by atoms with Gasteiger partial charge < -0.3 is 19.5 Å². The van der Waals surface area contributed by atoms with Gasteiger partial charge in [0, 0.05) is 17.5 Å². The van der Waals surface area contributed by atoms with Gasteiger partial charge in [-0.1, -0.05) is 38.1 Å². The maximum absolute atomic E-state index is 12.9. The highest BCUT2D eigenvalue weighted by Gasteiger charge is 2.41. The minimum Gasteiger partial charge on any atom is -0.493 e. The van der Waals surface area contributed by atoms with Gasteiger partial charge in [-0.3, -0.25) is 4.90 Å². The molecule has 2 aromatic rings. The quantitative estimate of drug-likeness (QED) is 0.611. The first kappa shape index (κ1) is 23.8. The molecule has 0 radical (unpaired) electrons. The maximum Gasteiger partial charge on any atom is 0.573 e. The lowest BCUT2D eigenvalue weighted by Crippen LogP contribution is -2.53. The number of benzene rings is 2. The van der Waals surface area contributed by atoms with E-state index in [9.17, 15) is 18.0 Å². The van der Waals surface area contributed by atoms with Crippen LogP contribution in [0.15, 0.2) is 42.5 Å². The van der Waals surface area contributed by atoms with Gasteiger partial charge >= 0.3 is 12.5 Å². The summed E-state index contributed by atoms with van der Waals surface area (Å²) < 4.78 is 53.1. The molecule has 6 rings (SSSR count). The number of nitrogens with zero attached hydrogens (tertiary/aromatic N) is 1. The van der Waals surface area contributed by atoms with Crippen molar-refractivity contribution in [3.05, 3.63) is 48.0 Å². The van der Waals surface area contributed by atoms with Crippen molar-refractivity contribution in [1.29, 1.82) is 0 Å². The van der Waals surface area contributed by atoms with E-state index in [0.717, 1.165) is 49.2 Å². The van der Waals surface area contributed by atoms with Crippen LogP contribution in [0.25, 0.3) is 11.1 Å². The van der Waals surface area contributed by atoms with Crippen LogP contribution in [0.5, 0.6) is 11.5 Å². The van der Waals surface area contributed by atoms with Gasteiger partial charge in [-0.2, -0.15) is 0 Å². The molecule has 2 bridgehead atoms. The van der Waals surface area contributed by atoms with E-state index in [-0.39, 0.29) is 23.3 Å². The smallest absolute Gasteiger partial charge is 0.493 e. The molecule has 1 amide bonds. The lowest BCUT2D eigenvalue weighted by Gasteiger charge is -2.44. The average molecular weight is 491 g/mol. The molecule has 2 aromatic carbocycles. The lowest BCUT2D eigenvalue weighted by molar-refractivity contribution is -0.274. The van der Waals surface area contributed by atoms with Crippen molar-refractivity contribution in [2.75, 3.05) is 26.2 Å². The van der Waals surface area contributed by atoms with Crippen molar-refractivity contribution in [2.45, 2.75) is 45.2 Å². The Bertz CT molecular complexity index is 1080. The number of fused-ring (bicyclic) bond motifs is 4. The number of piperidine rings is 3. The predicted octanol–water partition coefficient (Wildman–Crippen LogP) is 5.53. The molecule has 0 aromatic heterocycles. The van der Waals surface area contributed by atoms with E-state index in [2.05, 4.69) is 15.0 Å². The highest BCUT2D eigenvalue weighted by atomic mass is 19.4.